The first-order valence-corrected chi connectivity index (χ1v) is 7.40. The van der Waals surface area contributed by atoms with Crippen molar-refractivity contribution in [3.05, 3.63) is 65.9 Å². The number of aromatic nitrogens is 1. The van der Waals surface area contributed by atoms with Gasteiger partial charge >= 0.3 is 0 Å². The zero-order valence-corrected chi connectivity index (χ0v) is 13.4. The molecule has 0 saturated carbocycles. The van der Waals surface area contributed by atoms with E-state index in [9.17, 15) is 4.79 Å². The summed E-state index contributed by atoms with van der Waals surface area (Å²) in [5.41, 5.74) is 3.47. The number of carbonyl (C=O) groups is 1. The molecule has 0 aliphatic carbocycles. The van der Waals surface area contributed by atoms with Crippen LogP contribution in [0.4, 0.5) is 0 Å². The zero-order chi connectivity index (χ0) is 16.4. The first kappa shape index (κ1) is 15.0. The highest BCUT2D eigenvalue weighted by Gasteiger charge is 2.13. The molecule has 3 rings (SSSR count). The Morgan fingerprint density at radius 1 is 1.17 bits per heavy atom. The quantitative estimate of drug-likeness (QED) is 0.538. The third kappa shape index (κ3) is 3.16. The predicted molar refractivity (Wildman–Crippen MR) is 91.3 cm³/mol. The number of ketones is 1. The van der Waals surface area contributed by atoms with Crippen LogP contribution in [0.2, 0.25) is 0 Å². The molecule has 0 amide bonds. The molecule has 116 valence electrons. The van der Waals surface area contributed by atoms with Gasteiger partial charge in [-0.15, -0.1) is 0 Å². The molecule has 0 spiro atoms. The number of nitrogens with zero attached hydrogens (tertiary/aromatic N) is 2. The van der Waals surface area contributed by atoms with Gasteiger partial charge in [-0.05, 0) is 31.2 Å². The molecule has 4 nitrogen and oxygen atoms in total. The lowest BCUT2D eigenvalue weighted by Gasteiger charge is -2.03. The van der Waals surface area contributed by atoms with E-state index in [0.29, 0.717) is 11.3 Å². The van der Waals surface area contributed by atoms with E-state index in [-0.39, 0.29) is 5.78 Å². The van der Waals surface area contributed by atoms with Crippen molar-refractivity contribution in [2.24, 2.45) is 0 Å². The molecule has 0 atom stereocenters. The summed E-state index contributed by atoms with van der Waals surface area (Å²) < 4.78 is 5.50. The zero-order valence-electron chi connectivity index (χ0n) is 13.4. The summed E-state index contributed by atoms with van der Waals surface area (Å²) in [5, 5.41) is 4.93. The van der Waals surface area contributed by atoms with Gasteiger partial charge in [-0.1, -0.05) is 28.9 Å². The number of fused-ring (bicyclic) bond motifs is 1. The monoisotopic (exact) mass is 306 g/mol. The van der Waals surface area contributed by atoms with E-state index in [4.69, 9.17) is 4.52 Å². The van der Waals surface area contributed by atoms with Crippen molar-refractivity contribution in [3.63, 3.8) is 0 Å². The van der Waals surface area contributed by atoms with Gasteiger partial charge in [0.2, 0.25) is 0 Å². The van der Waals surface area contributed by atoms with Crippen molar-refractivity contribution in [3.8, 4) is 11.3 Å². The smallest absolute Gasteiger partial charge is 0.187 e. The van der Waals surface area contributed by atoms with Crippen molar-refractivity contribution >= 4 is 16.7 Å². The molecule has 0 unspecified atom stereocenters. The summed E-state index contributed by atoms with van der Waals surface area (Å²) in [4.78, 5) is 14.1. The Kier molecular flexibility index (Phi) is 3.98. The van der Waals surface area contributed by atoms with Crippen molar-refractivity contribution in [2.75, 3.05) is 14.1 Å². The molecule has 0 fully saturated rings. The minimum absolute atomic E-state index is 0.0445. The molecule has 0 aliphatic rings. The standard InChI is InChI=1S/C19H18N2O2/c1-13-5-4-6-15(11-13)19-16-12-14(7-8-17(16)20-23-19)18(22)9-10-21(2)3/h4-12H,1-3H3/b10-9+. The number of rotatable bonds is 4. The second-order valence-corrected chi connectivity index (χ2v) is 5.76. The van der Waals surface area contributed by atoms with Crippen LogP contribution in [0.15, 0.2) is 59.3 Å². The fourth-order valence-electron chi connectivity index (χ4n) is 2.40. The van der Waals surface area contributed by atoms with Gasteiger partial charge in [0, 0.05) is 37.5 Å². The molecule has 0 bridgehead atoms. The third-order valence-corrected chi connectivity index (χ3v) is 3.57. The number of carbonyl (C=O) groups excluding carboxylic acids is 1. The number of benzene rings is 2. The van der Waals surface area contributed by atoms with E-state index >= 15 is 0 Å². The van der Waals surface area contributed by atoms with Crippen molar-refractivity contribution < 1.29 is 9.32 Å². The van der Waals surface area contributed by atoms with Gasteiger partial charge < -0.3 is 9.42 Å². The SMILES string of the molecule is Cc1cccc(-c2onc3ccc(C(=O)/C=C/N(C)C)cc23)c1. The van der Waals surface area contributed by atoms with E-state index in [2.05, 4.69) is 5.16 Å². The topological polar surface area (TPSA) is 46.3 Å². The second kappa shape index (κ2) is 6.08. The highest BCUT2D eigenvalue weighted by Crippen LogP contribution is 2.30. The van der Waals surface area contributed by atoms with Gasteiger partial charge in [0.15, 0.2) is 11.5 Å². The van der Waals surface area contributed by atoms with E-state index in [1.165, 1.54) is 0 Å². The summed E-state index contributed by atoms with van der Waals surface area (Å²) in [5.74, 6) is 0.645. The molecule has 4 heteroatoms. The Hall–Kier alpha value is -2.88. The second-order valence-electron chi connectivity index (χ2n) is 5.76. The van der Waals surface area contributed by atoms with E-state index < -0.39 is 0 Å². The average Bonchev–Trinajstić information content (AvgIpc) is 2.95. The molecule has 1 aromatic heterocycles. The molecule has 0 saturated heterocycles. The molecule has 3 aromatic rings. The Labute approximate surface area is 135 Å². The lowest BCUT2D eigenvalue weighted by atomic mass is 10.0. The largest absolute Gasteiger partial charge is 0.383 e. The Morgan fingerprint density at radius 2 is 2.00 bits per heavy atom. The summed E-state index contributed by atoms with van der Waals surface area (Å²) in [6, 6.07) is 13.5. The van der Waals surface area contributed by atoms with Gasteiger partial charge in [0.25, 0.3) is 0 Å². The fraction of sp³-hybridized carbons (Fsp3) is 0.158. The minimum Gasteiger partial charge on any atom is -0.383 e. The van der Waals surface area contributed by atoms with Crippen LogP contribution >= 0.6 is 0 Å². The molecule has 0 radical (unpaired) electrons. The van der Waals surface area contributed by atoms with Crippen LogP contribution in [0.25, 0.3) is 22.2 Å². The lowest BCUT2D eigenvalue weighted by Crippen LogP contribution is -2.03. The van der Waals surface area contributed by atoms with Gasteiger partial charge in [0.1, 0.15) is 5.52 Å². The lowest BCUT2D eigenvalue weighted by molar-refractivity contribution is 0.104. The summed E-state index contributed by atoms with van der Waals surface area (Å²) in [6.07, 6.45) is 3.29. The molecule has 0 aliphatic heterocycles. The normalized spacial score (nSPS) is 11.3. The van der Waals surface area contributed by atoms with Gasteiger partial charge in [-0.2, -0.15) is 0 Å². The van der Waals surface area contributed by atoms with Gasteiger partial charge in [-0.3, -0.25) is 4.79 Å². The van der Waals surface area contributed by atoms with Crippen LogP contribution in [-0.4, -0.2) is 29.9 Å². The van der Waals surface area contributed by atoms with Crippen molar-refractivity contribution in [2.45, 2.75) is 6.92 Å². The first-order chi connectivity index (χ1) is 11.0. The van der Waals surface area contributed by atoms with Crippen molar-refractivity contribution in [1.29, 1.82) is 0 Å². The molecular weight excluding hydrogens is 288 g/mol. The Morgan fingerprint density at radius 3 is 2.74 bits per heavy atom. The highest BCUT2D eigenvalue weighted by molar-refractivity contribution is 6.07. The van der Waals surface area contributed by atoms with Gasteiger partial charge in [-0.25, -0.2) is 0 Å². The van der Waals surface area contributed by atoms with E-state index in [1.807, 2.05) is 62.3 Å². The summed E-state index contributed by atoms with van der Waals surface area (Å²) in [7, 11) is 3.76. The minimum atomic E-state index is -0.0445. The first-order valence-electron chi connectivity index (χ1n) is 7.40. The summed E-state index contributed by atoms with van der Waals surface area (Å²) in [6.45, 7) is 2.03. The number of hydrogen-bond acceptors (Lipinski definition) is 4. The third-order valence-electron chi connectivity index (χ3n) is 3.57. The number of allylic oxidation sites excluding steroid dienone is 1. The van der Waals surface area contributed by atoms with E-state index in [0.717, 1.165) is 22.0 Å². The molecule has 1 heterocycles. The predicted octanol–water partition coefficient (Wildman–Crippen LogP) is 4.06. The maximum absolute atomic E-state index is 12.3. The van der Waals surface area contributed by atoms with Crippen LogP contribution in [-0.2, 0) is 0 Å². The van der Waals surface area contributed by atoms with Crippen molar-refractivity contribution in [1.82, 2.24) is 10.1 Å². The van der Waals surface area contributed by atoms with Crippen LogP contribution in [0.1, 0.15) is 15.9 Å². The maximum Gasteiger partial charge on any atom is 0.187 e. The number of aryl methyl sites for hydroxylation is 1. The molecule has 2 aromatic carbocycles. The van der Waals surface area contributed by atoms with Crippen LogP contribution in [0.3, 0.4) is 0 Å². The Bertz CT molecular complexity index is 891. The van der Waals surface area contributed by atoms with E-state index in [1.54, 1.807) is 18.3 Å². The molecule has 23 heavy (non-hydrogen) atoms. The van der Waals surface area contributed by atoms with Crippen LogP contribution in [0.5, 0.6) is 0 Å². The van der Waals surface area contributed by atoms with Gasteiger partial charge in [0.05, 0.1) is 5.39 Å². The summed E-state index contributed by atoms with van der Waals surface area (Å²) >= 11 is 0. The highest BCUT2D eigenvalue weighted by atomic mass is 16.5. The average molecular weight is 306 g/mol. The van der Waals surface area contributed by atoms with Crippen LogP contribution < -0.4 is 0 Å². The van der Waals surface area contributed by atoms with Crippen LogP contribution in [0, 0.1) is 6.92 Å². The Balaban J connectivity index is 2.05. The molecule has 0 N–H and O–H groups in total. The number of hydrogen-bond donors (Lipinski definition) is 0. The fourth-order valence-corrected chi connectivity index (χ4v) is 2.40. The maximum atomic E-state index is 12.3. The molecular formula is C19H18N2O2.